The van der Waals surface area contributed by atoms with Crippen molar-refractivity contribution >= 4 is 16.9 Å². The Morgan fingerprint density at radius 1 is 0.957 bits per heavy atom. The Kier molecular flexibility index (Phi) is 3.84. The number of aryl methyl sites for hydroxylation is 5. The highest BCUT2D eigenvalue weighted by atomic mass is 15.1. The highest BCUT2D eigenvalue weighted by molar-refractivity contribution is 5.92. The molecule has 0 atom stereocenters. The van der Waals surface area contributed by atoms with Crippen molar-refractivity contribution in [2.75, 3.05) is 11.9 Å². The van der Waals surface area contributed by atoms with E-state index in [1.54, 1.807) is 0 Å². The van der Waals surface area contributed by atoms with E-state index in [4.69, 9.17) is 4.98 Å². The fourth-order valence-corrected chi connectivity index (χ4v) is 3.43. The summed E-state index contributed by atoms with van der Waals surface area (Å²) in [5.41, 5.74) is 7.20. The molecule has 3 rings (SSSR count). The maximum absolute atomic E-state index is 4.73. The second-order valence-corrected chi connectivity index (χ2v) is 6.28. The highest BCUT2D eigenvalue weighted by Gasteiger charge is 2.16. The lowest BCUT2D eigenvalue weighted by atomic mass is 10.1. The number of hydrogen-bond acceptors (Lipinski definition) is 3. The van der Waals surface area contributed by atoms with Crippen LogP contribution in [0.4, 0.5) is 5.82 Å². The molecule has 3 aromatic rings. The summed E-state index contributed by atoms with van der Waals surface area (Å²) in [6.45, 7) is 13.5. The molecule has 0 aliphatic rings. The molecular formula is C19H24N4. The topological polar surface area (TPSA) is 42.7 Å². The lowest BCUT2D eigenvalue weighted by Crippen LogP contribution is -2.05. The van der Waals surface area contributed by atoms with Crippen molar-refractivity contribution < 1.29 is 0 Å². The molecule has 0 spiro atoms. The van der Waals surface area contributed by atoms with Gasteiger partial charge in [0.2, 0.25) is 0 Å². The maximum atomic E-state index is 4.73. The number of nitrogens with zero attached hydrogens (tertiary/aromatic N) is 3. The van der Waals surface area contributed by atoms with Gasteiger partial charge in [0, 0.05) is 12.7 Å². The number of anilines is 1. The molecule has 2 aromatic heterocycles. The zero-order valence-electron chi connectivity index (χ0n) is 14.8. The lowest BCUT2D eigenvalue weighted by Gasteiger charge is -2.14. The minimum atomic E-state index is 0.787. The Morgan fingerprint density at radius 3 is 2.22 bits per heavy atom. The fourth-order valence-electron chi connectivity index (χ4n) is 3.43. The van der Waals surface area contributed by atoms with Crippen LogP contribution in [0.3, 0.4) is 0 Å². The second-order valence-electron chi connectivity index (χ2n) is 6.28. The van der Waals surface area contributed by atoms with Gasteiger partial charge in [0.05, 0.1) is 11.1 Å². The highest BCUT2D eigenvalue weighted by Crippen LogP contribution is 2.31. The summed E-state index contributed by atoms with van der Waals surface area (Å²) >= 11 is 0. The van der Waals surface area contributed by atoms with Gasteiger partial charge in [-0.05, 0) is 58.2 Å². The van der Waals surface area contributed by atoms with Crippen LogP contribution in [0.1, 0.15) is 35.0 Å². The van der Waals surface area contributed by atoms with Crippen molar-refractivity contribution in [3.05, 3.63) is 46.4 Å². The van der Waals surface area contributed by atoms with Crippen LogP contribution in [-0.2, 0) is 0 Å². The molecular weight excluding hydrogens is 284 g/mol. The second kappa shape index (κ2) is 5.69. The predicted molar refractivity (Wildman–Crippen MR) is 96.7 cm³/mol. The van der Waals surface area contributed by atoms with E-state index in [-0.39, 0.29) is 0 Å². The summed E-state index contributed by atoms with van der Waals surface area (Å²) in [4.78, 5) is 9.31. The Morgan fingerprint density at radius 2 is 1.61 bits per heavy atom. The summed E-state index contributed by atoms with van der Waals surface area (Å²) < 4.78 is 2.21. The number of hydrogen-bond donors (Lipinski definition) is 1. The number of nitrogens with one attached hydrogen (secondary N) is 1. The average molecular weight is 308 g/mol. The third-order valence-electron chi connectivity index (χ3n) is 4.17. The largest absolute Gasteiger partial charge is 0.370 e. The van der Waals surface area contributed by atoms with E-state index in [2.05, 4.69) is 67.8 Å². The summed E-state index contributed by atoms with van der Waals surface area (Å²) in [5, 5.41) is 4.48. The van der Waals surface area contributed by atoms with Crippen LogP contribution in [0.25, 0.3) is 16.7 Å². The minimum Gasteiger partial charge on any atom is -0.370 e. The maximum Gasteiger partial charge on any atom is 0.150 e. The van der Waals surface area contributed by atoms with Gasteiger partial charge in [-0.2, -0.15) is 0 Å². The van der Waals surface area contributed by atoms with Gasteiger partial charge in [0.15, 0.2) is 5.65 Å². The first-order valence-corrected chi connectivity index (χ1v) is 8.10. The van der Waals surface area contributed by atoms with Gasteiger partial charge in [-0.15, -0.1) is 0 Å². The summed E-state index contributed by atoms with van der Waals surface area (Å²) in [7, 11) is 0. The number of benzene rings is 1. The fraction of sp³-hybridized carbons (Fsp3) is 0.368. The molecule has 120 valence electrons. The molecule has 0 unspecified atom stereocenters. The van der Waals surface area contributed by atoms with E-state index in [0.29, 0.717) is 0 Å². The molecule has 0 amide bonds. The van der Waals surface area contributed by atoms with Crippen molar-refractivity contribution in [1.29, 1.82) is 0 Å². The lowest BCUT2D eigenvalue weighted by molar-refractivity contribution is 1.01. The molecule has 1 N–H and O–H groups in total. The summed E-state index contributed by atoms with van der Waals surface area (Å²) in [5.74, 6) is 1.71. The SMILES string of the molecule is CCNc1nc(C)nc2c1c(C)cn2-c1c(C)cc(C)cc1C. The van der Waals surface area contributed by atoms with Crippen LogP contribution < -0.4 is 5.32 Å². The van der Waals surface area contributed by atoms with Crippen molar-refractivity contribution in [2.24, 2.45) is 0 Å². The van der Waals surface area contributed by atoms with Gasteiger partial charge in [0.1, 0.15) is 11.6 Å². The van der Waals surface area contributed by atoms with E-state index in [1.807, 2.05) is 6.92 Å². The van der Waals surface area contributed by atoms with Crippen molar-refractivity contribution in [3.8, 4) is 5.69 Å². The Balaban J connectivity index is 2.36. The molecule has 0 bridgehead atoms. The van der Waals surface area contributed by atoms with E-state index in [1.165, 1.54) is 27.9 Å². The molecule has 1 aromatic carbocycles. The Bertz CT molecular complexity index is 867. The van der Waals surface area contributed by atoms with E-state index < -0.39 is 0 Å². The van der Waals surface area contributed by atoms with Gasteiger partial charge < -0.3 is 9.88 Å². The minimum absolute atomic E-state index is 0.787. The Labute approximate surface area is 137 Å². The smallest absolute Gasteiger partial charge is 0.150 e. The van der Waals surface area contributed by atoms with Crippen LogP contribution >= 0.6 is 0 Å². The standard InChI is InChI=1S/C19H24N4/c1-7-20-18-16-14(5)10-23(19(16)22-15(6)21-18)17-12(3)8-11(2)9-13(17)4/h8-10H,7H2,1-6H3,(H,20,21,22). The quantitative estimate of drug-likeness (QED) is 0.780. The molecule has 0 fully saturated rings. The van der Waals surface area contributed by atoms with E-state index >= 15 is 0 Å². The van der Waals surface area contributed by atoms with Crippen molar-refractivity contribution in [2.45, 2.75) is 41.5 Å². The normalized spacial score (nSPS) is 11.2. The molecule has 0 radical (unpaired) electrons. The third kappa shape index (κ3) is 2.58. The van der Waals surface area contributed by atoms with Gasteiger partial charge in [-0.25, -0.2) is 9.97 Å². The van der Waals surface area contributed by atoms with Crippen LogP contribution in [0.15, 0.2) is 18.3 Å². The molecule has 4 heteroatoms. The van der Waals surface area contributed by atoms with Gasteiger partial charge >= 0.3 is 0 Å². The van der Waals surface area contributed by atoms with Crippen LogP contribution in [0.5, 0.6) is 0 Å². The van der Waals surface area contributed by atoms with E-state index in [9.17, 15) is 0 Å². The van der Waals surface area contributed by atoms with Gasteiger partial charge in [0.25, 0.3) is 0 Å². The van der Waals surface area contributed by atoms with E-state index in [0.717, 1.165) is 29.2 Å². The van der Waals surface area contributed by atoms with Crippen LogP contribution in [0, 0.1) is 34.6 Å². The molecule has 0 saturated heterocycles. The van der Waals surface area contributed by atoms with Crippen molar-refractivity contribution in [3.63, 3.8) is 0 Å². The first-order valence-electron chi connectivity index (χ1n) is 8.10. The van der Waals surface area contributed by atoms with Crippen LogP contribution in [0.2, 0.25) is 0 Å². The summed E-state index contributed by atoms with van der Waals surface area (Å²) in [6, 6.07) is 4.45. The molecule has 4 nitrogen and oxygen atoms in total. The Hall–Kier alpha value is -2.36. The first kappa shape index (κ1) is 15.5. The molecule has 0 aliphatic heterocycles. The number of aromatic nitrogens is 3. The number of fused-ring (bicyclic) bond motifs is 1. The average Bonchev–Trinajstić information content (AvgIpc) is 2.75. The predicted octanol–water partition coefficient (Wildman–Crippen LogP) is 4.39. The zero-order chi connectivity index (χ0) is 16.7. The molecule has 23 heavy (non-hydrogen) atoms. The van der Waals surface area contributed by atoms with Crippen molar-refractivity contribution in [1.82, 2.24) is 14.5 Å². The zero-order valence-corrected chi connectivity index (χ0v) is 14.8. The van der Waals surface area contributed by atoms with Gasteiger partial charge in [-0.1, -0.05) is 17.7 Å². The third-order valence-corrected chi connectivity index (χ3v) is 4.17. The number of rotatable bonds is 3. The molecule has 2 heterocycles. The monoisotopic (exact) mass is 308 g/mol. The molecule has 0 aliphatic carbocycles. The van der Waals surface area contributed by atoms with Gasteiger partial charge in [-0.3, -0.25) is 0 Å². The van der Waals surface area contributed by atoms with Crippen LogP contribution in [-0.4, -0.2) is 21.1 Å². The summed E-state index contributed by atoms with van der Waals surface area (Å²) in [6.07, 6.45) is 2.17. The molecule has 0 saturated carbocycles. The first-order chi connectivity index (χ1) is 10.9.